The van der Waals surface area contributed by atoms with Gasteiger partial charge in [0, 0.05) is 17.1 Å². The van der Waals surface area contributed by atoms with Crippen molar-refractivity contribution >= 4 is 34.2 Å². The lowest BCUT2D eigenvalue weighted by Gasteiger charge is -2.25. The van der Waals surface area contributed by atoms with E-state index in [9.17, 15) is 4.79 Å². The number of rotatable bonds is 5. The van der Waals surface area contributed by atoms with Crippen molar-refractivity contribution in [2.75, 3.05) is 6.54 Å². The molecule has 0 heterocycles. The molecule has 2 aromatic carbocycles. The van der Waals surface area contributed by atoms with Crippen molar-refractivity contribution in [1.29, 1.82) is 0 Å². The number of amides is 1. The number of carbonyl (C=O) groups excluding carboxylic acids is 1. The van der Waals surface area contributed by atoms with Crippen LogP contribution in [0.25, 0.3) is 0 Å². The minimum Gasteiger partial charge on any atom is -0.353 e. The highest BCUT2D eigenvalue weighted by Crippen LogP contribution is 2.25. The van der Waals surface area contributed by atoms with Crippen LogP contribution in [-0.2, 0) is 10.2 Å². The van der Waals surface area contributed by atoms with Crippen molar-refractivity contribution in [3.05, 3.63) is 70.2 Å². The Labute approximate surface area is 152 Å². The fraction of sp³-hybridized carbons (Fsp3) is 0.278. The van der Waals surface area contributed by atoms with Gasteiger partial charge in [0.1, 0.15) is 0 Å². The molecule has 23 heavy (non-hydrogen) atoms. The Balaban J connectivity index is 0.00000264. The molecule has 0 aliphatic rings. The number of benzene rings is 2. The van der Waals surface area contributed by atoms with E-state index in [2.05, 4.69) is 21.2 Å². The zero-order valence-corrected chi connectivity index (χ0v) is 15.7. The smallest absolute Gasteiger partial charge is 0.230 e. The van der Waals surface area contributed by atoms with Crippen LogP contribution in [0.1, 0.15) is 31.0 Å². The van der Waals surface area contributed by atoms with Gasteiger partial charge in [0.2, 0.25) is 5.91 Å². The first-order chi connectivity index (χ1) is 10.4. The van der Waals surface area contributed by atoms with E-state index in [0.29, 0.717) is 6.54 Å². The Kier molecular flexibility index (Phi) is 7.26. The first kappa shape index (κ1) is 19.7. The molecule has 5 heteroatoms. The van der Waals surface area contributed by atoms with Crippen LogP contribution in [0.4, 0.5) is 0 Å². The van der Waals surface area contributed by atoms with Gasteiger partial charge >= 0.3 is 0 Å². The van der Waals surface area contributed by atoms with E-state index in [1.165, 1.54) is 0 Å². The van der Waals surface area contributed by atoms with Crippen LogP contribution in [0.15, 0.2) is 59.1 Å². The van der Waals surface area contributed by atoms with Gasteiger partial charge in [-0.25, -0.2) is 0 Å². The van der Waals surface area contributed by atoms with Crippen molar-refractivity contribution in [3.8, 4) is 0 Å². The number of hydrogen-bond acceptors (Lipinski definition) is 2. The number of hydrogen-bond donors (Lipinski definition) is 2. The Bertz CT molecular complexity index is 629. The van der Waals surface area contributed by atoms with Gasteiger partial charge in [-0.15, -0.1) is 12.4 Å². The maximum atomic E-state index is 12.5. The molecule has 124 valence electrons. The van der Waals surface area contributed by atoms with Gasteiger partial charge in [0.05, 0.1) is 5.41 Å². The molecule has 0 spiro atoms. The zero-order chi connectivity index (χ0) is 16.2. The quantitative estimate of drug-likeness (QED) is 0.802. The summed E-state index contributed by atoms with van der Waals surface area (Å²) in [6.07, 6.45) is 0. The van der Waals surface area contributed by atoms with Gasteiger partial charge in [-0.2, -0.15) is 0 Å². The summed E-state index contributed by atoms with van der Waals surface area (Å²) >= 11 is 3.41. The molecule has 2 aromatic rings. The van der Waals surface area contributed by atoms with Crippen molar-refractivity contribution in [1.82, 2.24) is 5.32 Å². The first-order valence-corrected chi connectivity index (χ1v) is 8.05. The molecule has 2 rings (SSSR count). The van der Waals surface area contributed by atoms with Crippen LogP contribution in [0.5, 0.6) is 0 Å². The van der Waals surface area contributed by atoms with E-state index in [0.717, 1.165) is 15.6 Å². The third-order valence-corrected chi connectivity index (χ3v) is 4.37. The number of halogens is 2. The molecule has 0 bridgehead atoms. The van der Waals surface area contributed by atoms with Crippen molar-refractivity contribution in [3.63, 3.8) is 0 Å². The van der Waals surface area contributed by atoms with Crippen LogP contribution in [0, 0.1) is 0 Å². The predicted molar refractivity (Wildman–Crippen MR) is 101 cm³/mol. The Hall–Kier alpha value is -1.36. The summed E-state index contributed by atoms with van der Waals surface area (Å²) in [7, 11) is 0. The van der Waals surface area contributed by atoms with Gasteiger partial charge in [-0.1, -0.05) is 58.4 Å². The second-order valence-corrected chi connectivity index (χ2v) is 6.77. The van der Waals surface area contributed by atoms with E-state index in [-0.39, 0.29) is 24.4 Å². The first-order valence-electron chi connectivity index (χ1n) is 7.26. The van der Waals surface area contributed by atoms with Gasteiger partial charge < -0.3 is 11.1 Å². The Morgan fingerprint density at radius 1 is 1.13 bits per heavy atom. The molecule has 1 unspecified atom stereocenters. The van der Waals surface area contributed by atoms with E-state index < -0.39 is 5.41 Å². The van der Waals surface area contributed by atoms with Crippen molar-refractivity contribution < 1.29 is 4.79 Å². The average Bonchev–Trinajstić information content (AvgIpc) is 2.53. The summed E-state index contributed by atoms with van der Waals surface area (Å²) in [4.78, 5) is 12.5. The van der Waals surface area contributed by atoms with Crippen LogP contribution in [0.2, 0.25) is 0 Å². The van der Waals surface area contributed by atoms with Gasteiger partial charge in [-0.05, 0) is 37.1 Å². The lowest BCUT2D eigenvalue weighted by molar-refractivity contribution is -0.125. The van der Waals surface area contributed by atoms with Crippen molar-refractivity contribution in [2.24, 2.45) is 5.73 Å². The molecule has 0 saturated carbocycles. The number of nitrogens with one attached hydrogen (secondary N) is 1. The van der Waals surface area contributed by atoms with Crippen molar-refractivity contribution in [2.45, 2.75) is 25.3 Å². The minimum atomic E-state index is -0.600. The fourth-order valence-corrected chi connectivity index (χ4v) is 2.50. The zero-order valence-electron chi connectivity index (χ0n) is 13.3. The fourth-order valence-electron chi connectivity index (χ4n) is 2.24. The summed E-state index contributed by atoms with van der Waals surface area (Å²) in [5.74, 6) is -0.0267. The van der Waals surface area contributed by atoms with E-state index in [1.807, 2.05) is 68.4 Å². The maximum absolute atomic E-state index is 12.5. The second kappa shape index (κ2) is 8.48. The standard InChI is InChI=1S/C18H21BrN2O.ClH/c1-18(2,14-8-10-15(19)11-9-14)17(22)21-12-16(20)13-6-4-3-5-7-13;/h3-11,16H,12,20H2,1-2H3,(H,21,22);1H. The molecule has 3 N–H and O–H groups in total. The third-order valence-electron chi connectivity index (χ3n) is 3.84. The highest BCUT2D eigenvalue weighted by Gasteiger charge is 2.29. The molecule has 0 saturated heterocycles. The number of carbonyl (C=O) groups is 1. The van der Waals surface area contributed by atoms with Crippen LogP contribution < -0.4 is 11.1 Å². The van der Waals surface area contributed by atoms with Crippen LogP contribution in [-0.4, -0.2) is 12.5 Å². The summed E-state index contributed by atoms with van der Waals surface area (Å²) in [6, 6.07) is 17.4. The summed E-state index contributed by atoms with van der Waals surface area (Å²) in [5.41, 5.74) is 7.52. The van der Waals surface area contributed by atoms with Crippen LogP contribution in [0.3, 0.4) is 0 Å². The average molecular weight is 398 g/mol. The molecule has 1 atom stereocenters. The molecule has 0 radical (unpaired) electrons. The SMILES string of the molecule is CC(C)(C(=O)NCC(N)c1ccccc1)c1ccc(Br)cc1.Cl. The highest BCUT2D eigenvalue weighted by molar-refractivity contribution is 9.10. The maximum Gasteiger partial charge on any atom is 0.230 e. The van der Waals surface area contributed by atoms with Crippen LogP contribution >= 0.6 is 28.3 Å². The second-order valence-electron chi connectivity index (χ2n) is 5.86. The normalized spacial score (nSPS) is 12.2. The topological polar surface area (TPSA) is 55.1 Å². The summed E-state index contributed by atoms with van der Waals surface area (Å²) in [6.45, 7) is 4.25. The van der Waals surface area contributed by atoms with Gasteiger partial charge in [0.25, 0.3) is 0 Å². The Morgan fingerprint density at radius 2 is 1.70 bits per heavy atom. The lowest BCUT2D eigenvalue weighted by Crippen LogP contribution is -2.42. The molecular formula is C18H22BrClN2O. The van der Waals surface area contributed by atoms with E-state index in [4.69, 9.17) is 5.73 Å². The number of nitrogens with two attached hydrogens (primary N) is 1. The molecule has 3 nitrogen and oxygen atoms in total. The largest absolute Gasteiger partial charge is 0.353 e. The molecule has 0 aliphatic carbocycles. The monoisotopic (exact) mass is 396 g/mol. The van der Waals surface area contributed by atoms with E-state index in [1.54, 1.807) is 0 Å². The highest BCUT2D eigenvalue weighted by atomic mass is 79.9. The molecule has 0 fully saturated rings. The van der Waals surface area contributed by atoms with Gasteiger partial charge in [-0.3, -0.25) is 4.79 Å². The summed E-state index contributed by atoms with van der Waals surface area (Å²) < 4.78 is 0.999. The third kappa shape index (κ3) is 5.06. The molecule has 1 amide bonds. The van der Waals surface area contributed by atoms with E-state index >= 15 is 0 Å². The predicted octanol–water partition coefficient (Wildman–Crippen LogP) is 3.96. The van der Waals surface area contributed by atoms with Gasteiger partial charge in [0.15, 0.2) is 0 Å². The summed E-state index contributed by atoms with van der Waals surface area (Å²) in [5, 5.41) is 2.96. The molecule has 0 aliphatic heterocycles. The Morgan fingerprint density at radius 3 is 2.26 bits per heavy atom. The molecular weight excluding hydrogens is 376 g/mol. The minimum absolute atomic E-state index is 0. The lowest BCUT2D eigenvalue weighted by atomic mass is 9.83. The molecule has 0 aromatic heterocycles.